The van der Waals surface area contributed by atoms with Crippen LogP contribution in [-0.2, 0) is 6.18 Å². The Labute approximate surface area is 117 Å². The van der Waals surface area contributed by atoms with E-state index < -0.39 is 28.8 Å². The number of carboxylic acid groups (broad SMARTS) is 1. The number of aromatic nitrogens is 1. The van der Waals surface area contributed by atoms with Gasteiger partial charge in [-0.15, -0.1) is 0 Å². The van der Waals surface area contributed by atoms with Gasteiger partial charge in [-0.1, -0.05) is 18.2 Å². The molecule has 0 aliphatic carbocycles. The van der Waals surface area contributed by atoms with Gasteiger partial charge in [0.2, 0.25) is 0 Å². The van der Waals surface area contributed by atoms with Crippen molar-refractivity contribution in [3.63, 3.8) is 0 Å². The molecule has 0 aliphatic heterocycles. The molecule has 1 aromatic heterocycles. The molecule has 0 atom stereocenters. The van der Waals surface area contributed by atoms with Crippen molar-refractivity contribution in [3.8, 4) is 5.69 Å². The Bertz CT molecular complexity index is 749. The SMILES string of the molecule is Cc1c(C(=O)O)c(C(F)(F)F)cc(=O)n1-c1ccccc1. The molecule has 0 amide bonds. The maximum absolute atomic E-state index is 12.9. The summed E-state index contributed by atoms with van der Waals surface area (Å²) in [5.41, 5.74) is -3.27. The Kier molecular flexibility index (Phi) is 3.59. The summed E-state index contributed by atoms with van der Waals surface area (Å²) in [5.74, 6) is -1.73. The molecule has 4 nitrogen and oxygen atoms in total. The zero-order chi connectivity index (χ0) is 15.8. The molecule has 0 radical (unpaired) electrons. The van der Waals surface area contributed by atoms with E-state index in [0.29, 0.717) is 11.8 Å². The number of carbonyl (C=O) groups is 1. The summed E-state index contributed by atoms with van der Waals surface area (Å²) in [6.07, 6.45) is -4.91. The largest absolute Gasteiger partial charge is 0.478 e. The normalized spacial score (nSPS) is 11.4. The third-order valence-corrected chi connectivity index (χ3v) is 2.99. The van der Waals surface area contributed by atoms with Gasteiger partial charge in [0.25, 0.3) is 5.56 Å². The van der Waals surface area contributed by atoms with Crippen LogP contribution in [-0.4, -0.2) is 15.6 Å². The number of hydrogen-bond donors (Lipinski definition) is 1. The summed E-state index contributed by atoms with van der Waals surface area (Å²) in [6.45, 7) is 1.17. The van der Waals surface area contributed by atoms with Gasteiger partial charge >= 0.3 is 12.1 Å². The second kappa shape index (κ2) is 5.08. The van der Waals surface area contributed by atoms with Gasteiger partial charge < -0.3 is 5.11 Å². The number of para-hydroxylation sites is 1. The number of halogens is 3. The van der Waals surface area contributed by atoms with Gasteiger partial charge in [0.15, 0.2) is 0 Å². The first-order chi connectivity index (χ1) is 9.73. The van der Waals surface area contributed by atoms with E-state index >= 15 is 0 Å². The molecule has 2 rings (SSSR count). The molecule has 0 saturated carbocycles. The van der Waals surface area contributed by atoms with Gasteiger partial charge in [0, 0.05) is 17.4 Å². The lowest BCUT2D eigenvalue weighted by Gasteiger charge is -2.17. The maximum Gasteiger partial charge on any atom is 0.417 e. The number of pyridine rings is 1. The maximum atomic E-state index is 12.9. The van der Waals surface area contributed by atoms with Crippen LogP contribution in [0.15, 0.2) is 41.2 Å². The highest BCUT2D eigenvalue weighted by atomic mass is 19.4. The summed E-state index contributed by atoms with van der Waals surface area (Å²) >= 11 is 0. The topological polar surface area (TPSA) is 59.3 Å². The van der Waals surface area contributed by atoms with E-state index in [4.69, 9.17) is 5.11 Å². The average Bonchev–Trinajstić information content (AvgIpc) is 2.37. The standard InChI is InChI=1S/C14H10F3NO3/c1-8-12(13(20)21)10(14(15,16)17)7-11(19)18(8)9-5-3-2-4-6-9/h2-7H,1H3,(H,20,21). The van der Waals surface area contributed by atoms with E-state index in [2.05, 4.69) is 0 Å². The zero-order valence-electron chi connectivity index (χ0n) is 10.8. The molecule has 1 aromatic carbocycles. The van der Waals surface area contributed by atoms with Crippen molar-refractivity contribution >= 4 is 5.97 Å². The molecule has 0 aliphatic rings. The van der Waals surface area contributed by atoms with Crippen molar-refractivity contribution < 1.29 is 23.1 Å². The molecule has 0 bridgehead atoms. The number of nitrogens with zero attached hydrogens (tertiary/aromatic N) is 1. The van der Waals surface area contributed by atoms with E-state index in [9.17, 15) is 22.8 Å². The number of carboxylic acids is 1. The lowest BCUT2D eigenvalue weighted by Crippen LogP contribution is -2.27. The minimum Gasteiger partial charge on any atom is -0.478 e. The van der Waals surface area contributed by atoms with Gasteiger partial charge in [-0.05, 0) is 19.1 Å². The predicted octanol–water partition coefficient (Wildman–Crippen LogP) is 2.86. The van der Waals surface area contributed by atoms with Crippen LogP contribution in [0.2, 0.25) is 0 Å². The molecule has 110 valence electrons. The van der Waals surface area contributed by atoms with Gasteiger partial charge in [-0.25, -0.2) is 4.79 Å². The molecular weight excluding hydrogens is 287 g/mol. The van der Waals surface area contributed by atoms with Crippen LogP contribution in [0.4, 0.5) is 13.2 Å². The quantitative estimate of drug-likeness (QED) is 0.927. The van der Waals surface area contributed by atoms with E-state index in [-0.39, 0.29) is 5.69 Å². The van der Waals surface area contributed by atoms with Crippen LogP contribution in [0, 0.1) is 6.92 Å². The van der Waals surface area contributed by atoms with Crippen molar-refractivity contribution in [1.29, 1.82) is 0 Å². The van der Waals surface area contributed by atoms with Gasteiger partial charge in [0.1, 0.15) is 0 Å². The highest BCUT2D eigenvalue weighted by Gasteiger charge is 2.37. The second-order valence-corrected chi connectivity index (χ2v) is 4.33. The van der Waals surface area contributed by atoms with Gasteiger partial charge in [-0.3, -0.25) is 9.36 Å². The lowest BCUT2D eigenvalue weighted by atomic mass is 10.1. The van der Waals surface area contributed by atoms with Crippen molar-refractivity contribution in [1.82, 2.24) is 4.57 Å². The van der Waals surface area contributed by atoms with Crippen molar-refractivity contribution in [2.75, 3.05) is 0 Å². The minimum absolute atomic E-state index is 0.270. The van der Waals surface area contributed by atoms with Crippen LogP contribution in [0.5, 0.6) is 0 Å². The Morgan fingerprint density at radius 1 is 1.19 bits per heavy atom. The van der Waals surface area contributed by atoms with Crippen LogP contribution in [0.25, 0.3) is 5.69 Å². The Morgan fingerprint density at radius 3 is 2.24 bits per heavy atom. The fourth-order valence-electron chi connectivity index (χ4n) is 2.12. The fraction of sp³-hybridized carbons (Fsp3) is 0.143. The number of hydrogen-bond acceptors (Lipinski definition) is 2. The molecular formula is C14H10F3NO3. The molecule has 7 heteroatoms. The number of alkyl halides is 3. The number of benzene rings is 1. The van der Waals surface area contributed by atoms with E-state index in [1.807, 2.05) is 0 Å². The first-order valence-corrected chi connectivity index (χ1v) is 5.86. The van der Waals surface area contributed by atoms with Gasteiger partial charge in [-0.2, -0.15) is 13.2 Å². The highest BCUT2D eigenvalue weighted by molar-refractivity contribution is 5.91. The fourth-order valence-corrected chi connectivity index (χ4v) is 2.12. The first-order valence-electron chi connectivity index (χ1n) is 5.86. The van der Waals surface area contributed by atoms with Crippen molar-refractivity contribution in [3.05, 3.63) is 63.6 Å². The van der Waals surface area contributed by atoms with Gasteiger partial charge in [0.05, 0.1) is 11.1 Å². The van der Waals surface area contributed by atoms with Crippen molar-refractivity contribution in [2.45, 2.75) is 13.1 Å². The number of rotatable bonds is 2. The summed E-state index contributed by atoms with van der Waals surface area (Å²) < 4.78 is 39.6. The molecule has 0 spiro atoms. The summed E-state index contributed by atoms with van der Waals surface area (Å²) in [6, 6.07) is 8.19. The molecule has 21 heavy (non-hydrogen) atoms. The average molecular weight is 297 g/mol. The third kappa shape index (κ3) is 2.67. The van der Waals surface area contributed by atoms with Crippen LogP contribution in [0.3, 0.4) is 0 Å². The van der Waals surface area contributed by atoms with E-state index in [0.717, 1.165) is 4.57 Å². The third-order valence-electron chi connectivity index (χ3n) is 2.99. The molecule has 0 fully saturated rings. The Morgan fingerprint density at radius 2 is 1.76 bits per heavy atom. The lowest BCUT2D eigenvalue weighted by molar-refractivity contribution is -0.138. The monoisotopic (exact) mass is 297 g/mol. The summed E-state index contributed by atoms with van der Waals surface area (Å²) in [4.78, 5) is 23.1. The van der Waals surface area contributed by atoms with Crippen LogP contribution < -0.4 is 5.56 Å². The second-order valence-electron chi connectivity index (χ2n) is 4.33. The van der Waals surface area contributed by atoms with Crippen molar-refractivity contribution in [2.24, 2.45) is 0 Å². The summed E-state index contributed by atoms with van der Waals surface area (Å²) in [5, 5.41) is 9.06. The van der Waals surface area contributed by atoms with Crippen LogP contribution in [0.1, 0.15) is 21.6 Å². The molecule has 0 saturated heterocycles. The molecule has 0 unspecified atom stereocenters. The molecule has 1 N–H and O–H groups in total. The minimum atomic E-state index is -4.91. The predicted molar refractivity (Wildman–Crippen MR) is 68.7 cm³/mol. The molecule has 1 heterocycles. The van der Waals surface area contributed by atoms with Crippen LogP contribution >= 0.6 is 0 Å². The van der Waals surface area contributed by atoms with E-state index in [1.165, 1.54) is 19.1 Å². The highest BCUT2D eigenvalue weighted by Crippen LogP contribution is 2.32. The Balaban J connectivity index is 2.86. The zero-order valence-corrected chi connectivity index (χ0v) is 10.8. The summed E-state index contributed by atoms with van der Waals surface area (Å²) in [7, 11) is 0. The first kappa shape index (κ1) is 14.8. The molecule has 2 aromatic rings. The smallest absolute Gasteiger partial charge is 0.417 e. The van der Waals surface area contributed by atoms with E-state index in [1.54, 1.807) is 18.2 Å². The number of aromatic carboxylic acids is 1. The Hall–Kier alpha value is -2.57.